The second kappa shape index (κ2) is 35.0. The molecule has 0 nitrogen and oxygen atoms in total. The summed E-state index contributed by atoms with van der Waals surface area (Å²) < 4.78 is 0. The van der Waals surface area contributed by atoms with Crippen molar-refractivity contribution in [2.45, 2.75) is 239 Å². The molecule has 0 rings (SSSR count). The lowest BCUT2D eigenvalue weighted by molar-refractivity contribution is 0.366. The predicted molar refractivity (Wildman–Crippen MR) is 177 cm³/mol. The lowest BCUT2D eigenvalue weighted by Gasteiger charge is -2.17. The first-order chi connectivity index (χ1) is 18.8. The zero-order valence-corrected chi connectivity index (χ0v) is 27.6. The largest absolute Gasteiger partial charge is 0.0654 e. The quantitative estimate of drug-likeness (QED) is 0.0720. The molecule has 0 fully saturated rings. The molecular formula is C38H78. The lowest BCUT2D eigenvalue weighted by Crippen LogP contribution is -2.01. The van der Waals surface area contributed by atoms with Crippen LogP contribution in [0.15, 0.2) is 0 Å². The Morgan fingerprint density at radius 3 is 0.579 bits per heavy atom. The second-order valence-electron chi connectivity index (χ2n) is 13.1. The molecule has 0 heterocycles. The molecule has 0 aliphatic rings. The Bertz CT molecular complexity index is 385. The van der Waals surface area contributed by atoms with Crippen LogP contribution in [0.25, 0.3) is 0 Å². The van der Waals surface area contributed by atoms with Crippen molar-refractivity contribution in [1.82, 2.24) is 0 Å². The summed E-state index contributed by atoms with van der Waals surface area (Å²) in [6.45, 7) is 6.98. The number of rotatable bonds is 34. The van der Waals surface area contributed by atoms with Crippen LogP contribution in [-0.2, 0) is 0 Å². The van der Waals surface area contributed by atoms with Crippen LogP contribution in [0, 0.1) is 5.92 Å². The molecule has 0 radical (unpaired) electrons. The molecule has 0 N–H and O–H groups in total. The van der Waals surface area contributed by atoms with E-state index in [1.165, 1.54) is 218 Å². The maximum absolute atomic E-state index is 2.34. The third-order valence-corrected chi connectivity index (χ3v) is 9.15. The van der Waals surface area contributed by atoms with Gasteiger partial charge in [-0.05, 0) is 5.92 Å². The fourth-order valence-electron chi connectivity index (χ4n) is 6.37. The van der Waals surface area contributed by atoms with Gasteiger partial charge < -0.3 is 0 Å². The minimum absolute atomic E-state index is 1.04. The van der Waals surface area contributed by atoms with Crippen LogP contribution in [0.2, 0.25) is 0 Å². The molecule has 230 valence electrons. The molecule has 0 spiro atoms. The standard InChI is InChI=1S/C38H78/c1-4-7-10-13-15-17-18-19-20-21-22-23-24-25-26-27-29-31-34-37-38(35-32-12-9-6-3)36-33-30-28-16-14-11-8-5-2/h38H,4-37H2,1-3H3. The highest BCUT2D eigenvalue weighted by atomic mass is 14.1. The van der Waals surface area contributed by atoms with E-state index in [0.717, 1.165) is 5.92 Å². The minimum Gasteiger partial charge on any atom is -0.0654 e. The molecule has 0 bridgehead atoms. The van der Waals surface area contributed by atoms with E-state index in [1.807, 2.05) is 0 Å². The van der Waals surface area contributed by atoms with E-state index in [0.29, 0.717) is 0 Å². The van der Waals surface area contributed by atoms with Crippen molar-refractivity contribution in [1.29, 1.82) is 0 Å². The van der Waals surface area contributed by atoms with Gasteiger partial charge in [0, 0.05) is 0 Å². The van der Waals surface area contributed by atoms with Crippen molar-refractivity contribution in [3.05, 3.63) is 0 Å². The molecule has 0 aliphatic heterocycles. The minimum atomic E-state index is 1.04. The van der Waals surface area contributed by atoms with Gasteiger partial charge in [0.1, 0.15) is 0 Å². The van der Waals surface area contributed by atoms with Crippen molar-refractivity contribution in [3.63, 3.8) is 0 Å². The molecular weight excluding hydrogens is 456 g/mol. The van der Waals surface area contributed by atoms with Crippen LogP contribution >= 0.6 is 0 Å². The zero-order valence-electron chi connectivity index (χ0n) is 27.6. The number of hydrogen-bond acceptors (Lipinski definition) is 0. The molecule has 1 atom stereocenters. The van der Waals surface area contributed by atoms with E-state index in [1.54, 1.807) is 0 Å². The Labute approximate surface area is 244 Å². The van der Waals surface area contributed by atoms with Gasteiger partial charge in [-0.1, -0.05) is 239 Å². The van der Waals surface area contributed by atoms with Crippen molar-refractivity contribution in [2.75, 3.05) is 0 Å². The summed E-state index contributed by atoms with van der Waals surface area (Å²) in [4.78, 5) is 0. The van der Waals surface area contributed by atoms with Gasteiger partial charge in [0.05, 0.1) is 0 Å². The van der Waals surface area contributed by atoms with Gasteiger partial charge in [0.15, 0.2) is 0 Å². The van der Waals surface area contributed by atoms with E-state index >= 15 is 0 Å². The van der Waals surface area contributed by atoms with Crippen molar-refractivity contribution in [2.24, 2.45) is 5.92 Å². The van der Waals surface area contributed by atoms with Crippen LogP contribution < -0.4 is 0 Å². The highest BCUT2D eigenvalue weighted by Gasteiger charge is 2.08. The zero-order chi connectivity index (χ0) is 27.6. The number of hydrogen-bond donors (Lipinski definition) is 0. The Morgan fingerprint density at radius 1 is 0.211 bits per heavy atom. The molecule has 38 heavy (non-hydrogen) atoms. The average Bonchev–Trinajstić information content (AvgIpc) is 2.93. The van der Waals surface area contributed by atoms with Gasteiger partial charge >= 0.3 is 0 Å². The Balaban J connectivity index is 3.52. The van der Waals surface area contributed by atoms with Gasteiger partial charge in [-0.25, -0.2) is 0 Å². The first-order valence-corrected chi connectivity index (χ1v) is 18.8. The molecule has 0 amide bonds. The van der Waals surface area contributed by atoms with E-state index in [-0.39, 0.29) is 0 Å². The molecule has 0 saturated carbocycles. The fourth-order valence-corrected chi connectivity index (χ4v) is 6.37. The molecule has 0 aromatic rings. The van der Waals surface area contributed by atoms with Crippen LogP contribution in [0.3, 0.4) is 0 Å². The topological polar surface area (TPSA) is 0 Å². The highest BCUT2D eigenvalue weighted by molar-refractivity contribution is 4.62. The molecule has 1 unspecified atom stereocenters. The Kier molecular flexibility index (Phi) is 35.0. The van der Waals surface area contributed by atoms with E-state index < -0.39 is 0 Å². The summed E-state index contributed by atoms with van der Waals surface area (Å²) in [6, 6.07) is 0. The van der Waals surface area contributed by atoms with Crippen molar-refractivity contribution >= 4 is 0 Å². The second-order valence-corrected chi connectivity index (χ2v) is 13.1. The van der Waals surface area contributed by atoms with Crippen LogP contribution in [0.4, 0.5) is 0 Å². The van der Waals surface area contributed by atoms with E-state index in [2.05, 4.69) is 20.8 Å². The van der Waals surface area contributed by atoms with E-state index in [4.69, 9.17) is 0 Å². The number of unbranched alkanes of at least 4 members (excludes halogenated alkanes) is 28. The Morgan fingerprint density at radius 2 is 0.368 bits per heavy atom. The van der Waals surface area contributed by atoms with Gasteiger partial charge in [-0.2, -0.15) is 0 Å². The summed E-state index contributed by atoms with van der Waals surface area (Å²) in [5, 5.41) is 0. The lowest BCUT2D eigenvalue weighted by atomic mass is 9.89. The van der Waals surface area contributed by atoms with Gasteiger partial charge in [0.25, 0.3) is 0 Å². The summed E-state index contributed by atoms with van der Waals surface area (Å²) in [7, 11) is 0. The first kappa shape index (κ1) is 38.0. The molecule has 0 aromatic heterocycles. The predicted octanol–water partition coefficient (Wildman–Crippen LogP) is 14.9. The van der Waals surface area contributed by atoms with Crippen molar-refractivity contribution < 1.29 is 0 Å². The fraction of sp³-hybridized carbons (Fsp3) is 1.00. The highest BCUT2D eigenvalue weighted by Crippen LogP contribution is 2.25. The third kappa shape index (κ3) is 32.2. The summed E-state index contributed by atoms with van der Waals surface area (Å²) in [5.74, 6) is 1.04. The normalized spacial score (nSPS) is 12.4. The summed E-state index contributed by atoms with van der Waals surface area (Å²) in [6.07, 6.45) is 50.3. The SMILES string of the molecule is CCCCCCCCCCCCCCCCCCCCCC(CCCCCC)CCCCCCCCCC. The van der Waals surface area contributed by atoms with Crippen LogP contribution in [0.5, 0.6) is 0 Å². The smallest absolute Gasteiger partial charge is 0.0414 e. The summed E-state index contributed by atoms with van der Waals surface area (Å²) >= 11 is 0. The van der Waals surface area contributed by atoms with Crippen LogP contribution in [-0.4, -0.2) is 0 Å². The molecule has 0 saturated heterocycles. The molecule has 0 aliphatic carbocycles. The van der Waals surface area contributed by atoms with E-state index in [9.17, 15) is 0 Å². The summed E-state index contributed by atoms with van der Waals surface area (Å²) in [5.41, 5.74) is 0. The Hall–Kier alpha value is 0. The van der Waals surface area contributed by atoms with Gasteiger partial charge in [0.2, 0.25) is 0 Å². The van der Waals surface area contributed by atoms with Gasteiger partial charge in [-0.3, -0.25) is 0 Å². The van der Waals surface area contributed by atoms with Gasteiger partial charge in [-0.15, -0.1) is 0 Å². The van der Waals surface area contributed by atoms with Crippen LogP contribution in [0.1, 0.15) is 239 Å². The maximum atomic E-state index is 2.34. The molecule has 0 heteroatoms. The average molecular weight is 535 g/mol. The monoisotopic (exact) mass is 535 g/mol. The third-order valence-electron chi connectivity index (χ3n) is 9.15. The molecule has 0 aromatic carbocycles. The first-order valence-electron chi connectivity index (χ1n) is 18.8. The van der Waals surface area contributed by atoms with Crippen molar-refractivity contribution in [3.8, 4) is 0 Å². The maximum Gasteiger partial charge on any atom is -0.0414 e.